The highest BCUT2D eigenvalue weighted by Gasteiger charge is 2.20. The topological polar surface area (TPSA) is 37.3 Å². The van der Waals surface area contributed by atoms with Crippen LogP contribution in [-0.4, -0.2) is 11.1 Å². The number of carboxylic acids is 1. The summed E-state index contributed by atoms with van der Waals surface area (Å²) < 4.78 is 50.9. The Labute approximate surface area is 81.5 Å². The van der Waals surface area contributed by atoms with Gasteiger partial charge in [0.15, 0.2) is 17.5 Å². The van der Waals surface area contributed by atoms with E-state index >= 15 is 0 Å². The first-order valence-corrected chi connectivity index (χ1v) is 3.68. The van der Waals surface area contributed by atoms with E-state index in [2.05, 4.69) is 0 Å². The molecule has 80 valence electrons. The Morgan fingerprint density at radius 1 is 1.20 bits per heavy atom. The number of hydrogen-bond donors (Lipinski definition) is 1. The maximum absolute atomic E-state index is 12.9. The van der Waals surface area contributed by atoms with Gasteiger partial charge in [0.2, 0.25) is 5.83 Å². The van der Waals surface area contributed by atoms with E-state index < -0.39 is 34.8 Å². The van der Waals surface area contributed by atoms with Crippen LogP contribution in [-0.2, 0) is 4.79 Å². The predicted octanol–water partition coefficient (Wildman–Crippen LogP) is 2.66. The molecule has 0 saturated heterocycles. The summed E-state index contributed by atoms with van der Waals surface area (Å²) >= 11 is 0. The summed E-state index contributed by atoms with van der Waals surface area (Å²) in [5.74, 6) is -9.32. The third-order valence-corrected chi connectivity index (χ3v) is 1.57. The fraction of sp³-hybridized carbons (Fsp3) is 0. The first-order valence-electron chi connectivity index (χ1n) is 3.68. The van der Waals surface area contributed by atoms with Crippen molar-refractivity contribution in [1.29, 1.82) is 0 Å². The lowest BCUT2D eigenvalue weighted by Crippen LogP contribution is -1.99. The molecule has 1 aromatic rings. The Bertz CT molecular complexity index is 440. The van der Waals surface area contributed by atoms with Crippen molar-refractivity contribution >= 4 is 11.8 Å². The largest absolute Gasteiger partial charge is 0.476 e. The molecule has 15 heavy (non-hydrogen) atoms. The van der Waals surface area contributed by atoms with Gasteiger partial charge in [0.05, 0.1) is 5.56 Å². The molecule has 0 unspecified atom stereocenters. The molecule has 0 aliphatic heterocycles. The molecule has 0 radical (unpaired) electrons. The molecule has 0 spiro atoms. The number of rotatable bonds is 2. The average molecular weight is 220 g/mol. The monoisotopic (exact) mass is 220 g/mol. The van der Waals surface area contributed by atoms with Gasteiger partial charge in [0, 0.05) is 0 Å². The summed E-state index contributed by atoms with van der Waals surface area (Å²) in [5, 5.41) is 8.08. The first kappa shape index (κ1) is 11.2. The van der Waals surface area contributed by atoms with E-state index in [1.54, 1.807) is 0 Å². The Hall–Kier alpha value is -1.85. The lowest BCUT2D eigenvalue weighted by atomic mass is 10.1. The summed E-state index contributed by atoms with van der Waals surface area (Å²) in [6.45, 7) is 0. The van der Waals surface area contributed by atoms with E-state index in [-0.39, 0.29) is 0 Å². The molecular formula is C9H4F4O2. The van der Waals surface area contributed by atoms with Crippen LogP contribution in [0.5, 0.6) is 0 Å². The van der Waals surface area contributed by atoms with Crippen LogP contribution in [0.1, 0.15) is 5.56 Å². The zero-order valence-corrected chi connectivity index (χ0v) is 7.10. The quantitative estimate of drug-likeness (QED) is 0.614. The summed E-state index contributed by atoms with van der Waals surface area (Å²) in [4.78, 5) is 10.0. The zero-order chi connectivity index (χ0) is 11.6. The number of carbonyl (C=O) groups is 1. The van der Waals surface area contributed by atoms with Crippen LogP contribution in [0, 0.1) is 11.6 Å². The number of halogens is 4. The van der Waals surface area contributed by atoms with Gasteiger partial charge in [-0.05, 0) is 12.1 Å². The smallest absolute Gasteiger partial charge is 0.367 e. The van der Waals surface area contributed by atoms with Crippen LogP contribution in [0.4, 0.5) is 17.6 Å². The van der Waals surface area contributed by atoms with Gasteiger partial charge in [-0.2, -0.15) is 4.39 Å². The van der Waals surface area contributed by atoms with Crippen molar-refractivity contribution in [2.75, 3.05) is 0 Å². The highest BCUT2D eigenvalue weighted by atomic mass is 19.2. The molecule has 1 aromatic carbocycles. The first-order chi connectivity index (χ1) is 6.95. The molecule has 6 heteroatoms. The van der Waals surface area contributed by atoms with E-state index in [9.17, 15) is 22.4 Å². The molecule has 0 aromatic heterocycles. The lowest BCUT2D eigenvalue weighted by molar-refractivity contribution is -0.134. The molecule has 1 N–H and O–H groups in total. The van der Waals surface area contributed by atoms with E-state index in [1.807, 2.05) is 0 Å². The molecule has 0 fully saturated rings. The van der Waals surface area contributed by atoms with Crippen molar-refractivity contribution in [1.82, 2.24) is 0 Å². The predicted molar refractivity (Wildman–Crippen MR) is 43.1 cm³/mol. The van der Waals surface area contributed by atoms with Gasteiger partial charge in [-0.1, -0.05) is 6.07 Å². The second-order valence-corrected chi connectivity index (χ2v) is 2.53. The van der Waals surface area contributed by atoms with Crippen molar-refractivity contribution < 1.29 is 27.5 Å². The Morgan fingerprint density at radius 3 is 2.33 bits per heavy atom. The van der Waals surface area contributed by atoms with Crippen molar-refractivity contribution in [2.24, 2.45) is 0 Å². The molecule has 0 aliphatic rings. The number of hydrogen-bond acceptors (Lipinski definition) is 1. The Balaban J connectivity index is 3.35. The Morgan fingerprint density at radius 2 is 1.80 bits per heavy atom. The number of carboxylic acid groups (broad SMARTS) is 1. The van der Waals surface area contributed by atoms with E-state index in [0.717, 1.165) is 12.1 Å². The molecule has 0 amide bonds. The standard InChI is InChI=1S/C9H4F4O2/c10-5-3-1-2-4(6(5)11)7(12)8(13)9(14)15/h1-3H,(H,14,15). The second kappa shape index (κ2) is 4.12. The summed E-state index contributed by atoms with van der Waals surface area (Å²) in [6, 6.07) is 2.36. The third-order valence-electron chi connectivity index (χ3n) is 1.57. The number of aliphatic carboxylic acids is 1. The van der Waals surface area contributed by atoms with E-state index in [1.165, 1.54) is 0 Å². The average Bonchev–Trinajstić information content (AvgIpc) is 2.20. The van der Waals surface area contributed by atoms with Crippen molar-refractivity contribution in [2.45, 2.75) is 0 Å². The minimum atomic E-state index is -2.18. The van der Waals surface area contributed by atoms with Gasteiger partial charge < -0.3 is 5.11 Å². The molecule has 2 nitrogen and oxygen atoms in total. The van der Waals surface area contributed by atoms with Gasteiger partial charge in [0.1, 0.15) is 0 Å². The van der Waals surface area contributed by atoms with Gasteiger partial charge in [-0.15, -0.1) is 0 Å². The van der Waals surface area contributed by atoms with Crippen molar-refractivity contribution in [3.63, 3.8) is 0 Å². The maximum atomic E-state index is 12.9. The molecule has 0 aliphatic carbocycles. The fourth-order valence-electron chi connectivity index (χ4n) is 0.885. The van der Waals surface area contributed by atoms with Gasteiger partial charge in [-0.3, -0.25) is 0 Å². The number of benzene rings is 1. The molecule has 0 atom stereocenters. The summed E-state index contributed by atoms with van der Waals surface area (Å²) in [6.07, 6.45) is 0. The van der Waals surface area contributed by atoms with Crippen molar-refractivity contribution in [3.05, 3.63) is 41.2 Å². The van der Waals surface area contributed by atoms with Gasteiger partial charge in [0.25, 0.3) is 0 Å². The minimum absolute atomic E-state index is 0.699. The highest BCUT2D eigenvalue weighted by Crippen LogP contribution is 2.25. The van der Waals surface area contributed by atoms with Crippen LogP contribution >= 0.6 is 0 Å². The minimum Gasteiger partial charge on any atom is -0.476 e. The normalized spacial score (nSPS) is 12.3. The maximum Gasteiger partial charge on any atom is 0.367 e. The van der Waals surface area contributed by atoms with Crippen molar-refractivity contribution in [3.8, 4) is 0 Å². The highest BCUT2D eigenvalue weighted by molar-refractivity contribution is 5.92. The molecular weight excluding hydrogens is 216 g/mol. The summed E-state index contributed by atoms with van der Waals surface area (Å²) in [5.41, 5.74) is -1.06. The van der Waals surface area contributed by atoms with E-state index in [4.69, 9.17) is 5.11 Å². The van der Waals surface area contributed by atoms with Gasteiger partial charge >= 0.3 is 5.97 Å². The summed E-state index contributed by atoms with van der Waals surface area (Å²) in [7, 11) is 0. The Kier molecular flexibility index (Phi) is 3.08. The van der Waals surface area contributed by atoms with Crippen LogP contribution < -0.4 is 0 Å². The molecule has 1 rings (SSSR count). The SMILES string of the molecule is O=C(O)C(F)=C(F)c1cccc(F)c1F. The fourth-order valence-corrected chi connectivity index (χ4v) is 0.885. The van der Waals surface area contributed by atoms with Crippen LogP contribution in [0.25, 0.3) is 5.83 Å². The van der Waals surface area contributed by atoms with Crippen LogP contribution in [0.3, 0.4) is 0 Å². The van der Waals surface area contributed by atoms with Crippen LogP contribution in [0.15, 0.2) is 24.0 Å². The molecule has 0 saturated carbocycles. The third kappa shape index (κ3) is 2.15. The van der Waals surface area contributed by atoms with Crippen LogP contribution in [0.2, 0.25) is 0 Å². The molecule has 0 heterocycles. The molecule has 0 bridgehead atoms. The van der Waals surface area contributed by atoms with Gasteiger partial charge in [-0.25, -0.2) is 18.0 Å². The second-order valence-electron chi connectivity index (χ2n) is 2.53. The van der Waals surface area contributed by atoms with E-state index in [0.29, 0.717) is 6.07 Å². The lowest BCUT2D eigenvalue weighted by Gasteiger charge is -2.00. The zero-order valence-electron chi connectivity index (χ0n) is 7.10.